The third-order valence-corrected chi connectivity index (χ3v) is 7.24. The Bertz CT molecular complexity index is 747. The number of fused-ring (bicyclic) bond motifs is 1. The first-order valence-electron chi connectivity index (χ1n) is 6.65. The fourth-order valence-corrected chi connectivity index (χ4v) is 5.61. The molecule has 0 aliphatic carbocycles. The van der Waals surface area contributed by atoms with Crippen molar-refractivity contribution in [3.63, 3.8) is 0 Å². The zero-order valence-corrected chi connectivity index (χ0v) is 13.3. The number of aliphatic hydroxyl groups is 1. The van der Waals surface area contributed by atoms with Gasteiger partial charge >= 0.3 is 0 Å². The van der Waals surface area contributed by atoms with Gasteiger partial charge in [-0.3, -0.25) is 0 Å². The number of likely N-dealkylation sites (N-methyl/N-ethyl adjacent to an activating group) is 1. The first-order chi connectivity index (χ1) is 10.0. The van der Waals surface area contributed by atoms with Crippen LogP contribution in [0.5, 0.6) is 0 Å². The molecule has 114 valence electrons. The number of hydrogen-bond donors (Lipinski definition) is 1. The molecule has 5 nitrogen and oxygen atoms in total. The van der Waals surface area contributed by atoms with E-state index in [1.807, 2.05) is 24.3 Å². The van der Waals surface area contributed by atoms with E-state index in [0.717, 1.165) is 10.1 Å². The Morgan fingerprint density at radius 2 is 2.19 bits per heavy atom. The lowest BCUT2D eigenvalue weighted by Gasteiger charge is -2.34. The predicted octanol–water partition coefficient (Wildman–Crippen LogP) is 1.67. The smallest absolute Gasteiger partial charge is 0.244 e. The number of sulfonamides is 1. The highest BCUT2D eigenvalue weighted by Gasteiger charge is 2.45. The van der Waals surface area contributed by atoms with E-state index in [4.69, 9.17) is 4.74 Å². The molecule has 3 rings (SSSR count). The van der Waals surface area contributed by atoms with E-state index in [1.54, 1.807) is 5.38 Å². The Hall–Kier alpha value is -0.990. The van der Waals surface area contributed by atoms with E-state index in [-0.39, 0.29) is 13.2 Å². The van der Waals surface area contributed by atoms with Crippen LogP contribution in [-0.2, 0) is 14.8 Å². The molecule has 0 unspecified atom stereocenters. The molecule has 1 aromatic heterocycles. The topological polar surface area (TPSA) is 66.8 Å². The average molecular weight is 327 g/mol. The van der Waals surface area contributed by atoms with Crippen molar-refractivity contribution in [2.24, 2.45) is 0 Å². The van der Waals surface area contributed by atoms with E-state index in [1.165, 1.54) is 22.7 Å². The second kappa shape index (κ2) is 5.33. The van der Waals surface area contributed by atoms with Crippen molar-refractivity contribution >= 4 is 31.4 Å². The number of benzene rings is 1. The molecule has 0 radical (unpaired) electrons. The molecule has 21 heavy (non-hydrogen) atoms. The van der Waals surface area contributed by atoms with Crippen molar-refractivity contribution in [2.45, 2.75) is 16.9 Å². The SMILES string of the molecule is CN([C@]1(CO)CCOC1)S(=O)(=O)c1csc2ccccc12. The molecule has 1 fully saturated rings. The van der Waals surface area contributed by atoms with Crippen LogP contribution < -0.4 is 0 Å². The van der Waals surface area contributed by atoms with E-state index in [0.29, 0.717) is 17.9 Å². The monoisotopic (exact) mass is 327 g/mol. The van der Waals surface area contributed by atoms with Crippen LogP contribution in [0.3, 0.4) is 0 Å². The van der Waals surface area contributed by atoms with Crippen LogP contribution in [0.2, 0.25) is 0 Å². The average Bonchev–Trinajstić information content (AvgIpc) is 3.14. The largest absolute Gasteiger partial charge is 0.394 e. The Morgan fingerprint density at radius 1 is 1.43 bits per heavy atom. The van der Waals surface area contributed by atoms with Gasteiger partial charge in [0.05, 0.1) is 18.8 Å². The minimum Gasteiger partial charge on any atom is -0.394 e. The summed E-state index contributed by atoms with van der Waals surface area (Å²) in [4.78, 5) is 0.297. The van der Waals surface area contributed by atoms with Gasteiger partial charge in [-0.15, -0.1) is 11.3 Å². The van der Waals surface area contributed by atoms with Crippen molar-refractivity contribution in [1.82, 2.24) is 4.31 Å². The molecule has 2 aromatic rings. The summed E-state index contributed by atoms with van der Waals surface area (Å²) < 4.78 is 33.4. The normalized spacial score (nSPS) is 23.2. The van der Waals surface area contributed by atoms with E-state index in [2.05, 4.69) is 0 Å². The lowest BCUT2D eigenvalue weighted by Crippen LogP contribution is -2.52. The molecular formula is C14H17NO4S2. The highest BCUT2D eigenvalue weighted by Crippen LogP contribution is 2.35. The molecule has 2 heterocycles. The van der Waals surface area contributed by atoms with Crippen LogP contribution >= 0.6 is 11.3 Å². The van der Waals surface area contributed by atoms with Crippen molar-refractivity contribution in [3.05, 3.63) is 29.6 Å². The molecule has 1 aliphatic rings. The molecule has 1 aliphatic heterocycles. The van der Waals surface area contributed by atoms with Gasteiger partial charge in [-0.2, -0.15) is 4.31 Å². The van der Waals surface area contributed by atoms with Crippen molar-refractivity contribution in [2.75, 3.05) is 26.9 Å². The van der Waals surface area contributed by atoms with Gasteiger partial charge in [-0.25, -0.2) is 8.42 Å². The molecule has 7 heteroatoms. The van der Waals surface area contributed by atoms with Gasteiger partial charge in [0.25, 0.3) is 0 Å². The van der Waals surface area contributed by atoms with E-state index >= 15 is 0 Å². The summed E-state index contributed by atoms with van der Waals surface area (Å²) in [5.74, 6) is 0. The van der Waals surface area contributed by atoms with Crippen LogP contribution in [0.25, 0.3) is 10.1 Å². The third-order valence-electron chi connectivity index (χ3n) is 4.13. The van der Waals surface area contributed by atoms with Crippen LogP contribution in [0.15, 0.2) is 34.5 Å². The number of hydrogen-bond acceptors (Lipinski definition) is 5. The van der Waals surface area contributed by atoms with Crippen LogP contribution in [0, 0.1) is 0 Å². The summed E-state index contributed by atoms with van der Waals surface area (Å²) in [6, 6.07) is 7.43. The molecule has 0 bridgehead atoms. The molecule has 0 amide bonds. The summed E-state index contributed by atoms with van der Waals surface area (Å²) in [7, 11) is -2.15. The van der Waals surface area contributed by atoms with Crippen molar-refractivity contribution < 1.29 is 18.3 Å². The highest BCUT2D eigenvalue weighted by atomic mass is 32.2. The van der Waals surface area contributed by atoms with Crippen molar-refractivity contribution in [3.8, 4) is 0 Å². The van der Waals surface area contributed by atoms with E-state index < -0.39 is 15.6 Å². The Kier molecular flexibility index (Phi) is 3.79. The Morgan fingerprint density at radius 3 is 2.86 bits per heavy atom. The van der Waals surface area contributed by atoms with E-state index in [9.17, 15) is 13.5 Å². The number of aliphatic hydroxyl groups excluding tert-OH is 1. The standard InChI is InChI=1S/C14H17NO4S2/c1-15(14(9-16)6-7-19-10-14)21(17,18)13-8-20-12-5-3-2-4-11(12)13/h2-5,8,16H,6-7,9-10H2,1H3/t14-/m0/s1. The van der Waals surface area contributed by atoms with Gasteiger partial charge in [0.2, 0.25) is 10.0 Å². The maximum Gasteiger partial charge on any atom is 0.244 e. The van der Waals surface area contributed by atoms with Gasteiger partial charge in [0, 0.05) is 29.1 Å². The Balaban J connectivity index is 2.08. The minimum atomic E-state index is -3.67. The van der Waals surface area contributed by atoms with Gasteiger partial charge in [0.15, 0.2) is 0 Å². The lowest BCUT2D eigenvalue weighted by atomic mass is 10.0. The molecule has 1 atom stereocenters. The van der Waals surface area contributed by atoms with Gasteiger partial charge in [-0.05, 0) is 12.5 Å². The summed E-state index contributed by atoms with van der Waals surface area (Å²) >= 11 is 1.41. The maximum absolute atomic E-state index is 12.9. The van der Waals surface area contributed by atoms with Crippen molar-refractivity contribution in [1.29, 1.82) is 0 Å². The highest BCUT2D eigenvalue weighted by molar-refractivity contribution is 7.89. The molecule has 1 saturated heterocycles. The quantitative estimate of drug-likeness (QED) is 0.928. The zero-order valence-electron chi connectivity index (χ0n) is 11.7. The Labute approximate surface area is 127 Å². The number of ether oxygens (including phenoxy) is 1. The minimum absolute atomic E-state index is 0.224. The number of nitrogens with zero attached hydrogens (tertiary/aromatic N) is 1. The predicted molar refractivity (Wildman–Crippen MR) is 82.0 cm³/mol. The summed E-state index contributed by atoms with van der Waals surface area (Å²) in [5, 5.41) is 12.1. The molecule has 0 saturated carbocycles. The molecular weight excluding hydrogens is 310 g/mol. The fraction of sp³-hybridized carbons (Fsp3) is 0.429. The lowest BCUT2D eigenvalue weighted by molar-refractivity contribution is 0.0824. The summed E-state index contributed by atoms with van der Waals surface area (Å²) in [5.41, 5.74) is -0.859. The molecule has 1 N–H and O–H groups in total. The third kappa shape index (κ3) is 2.29. The van der Waals surface area contributed by atoms with Gasteiger partial charge in [0.1, 0.15) is 4.90 Å². The molecule has 0 spiro atoms. The second-order valence-corrected chi connectivity index (χ2v) is 8.10. The fourth-order valence-electron chi connectivity index (χ4n) is 2.62. The van der Waals surface area contributed by atoms with Crippen LogP contribution in [0.4, 0.5) is 0 Å². The van der Waals surface area contributed by atoms with Gasteiger partial charge in [-0.1, -0.05) is 18.2 Å². The number of thiophene rings is 1. The molecule has 1 aromatic carbocycles. The second-order valence-electron chi connectivity index (χ2n) is 5.25. The van der Waals surface area contributed by atoms with Gasteiger partial charge < -0.3 is 9.84 Å². The number of rotatable bonds is 4. The summed E-state index contributed by atoms with van der Waals surface area (Å²) in [6.07, 6.45) is 0.501. The van der Waals surface area contributed by atoms with Crippen LogP contribution in [0.1, 0.15) is 6.42 Å². The first-order valence-corrected chi connectivity index (χ1v) is 8.97. The zero-order chi connectivity index (χ0) is 15.1. The summed E-state index contributed by atoms with van der Waals surface area (Å²) in [6.45, 7) is 0.441. The van der Waals surface area contributed by atoms with Crippen LogP contribution in [-0.4, -0.2) is 50.2 Å². The first kappa shape index (κ1) is 14.9. The maximum atomic E-state index is 12.9.